The summed E-state index contributed by atoms with van der Waals surface area (Å²) in [5.41, 5.74) is 12.5. The summed E-state index contributed by atoms with van der Waals surface area (Å²) in [6.07, 6.45) is 0.343. The lowest BCUT2D eigenvalue weighted by atomic mass is 9.81. The van der Waals surface area contributed by atoms with Gasteiger partial charge in [-0.1, -0.05) is 24.3 Å². The van der Waals surface area contributed by atoms with Gasteiger partial charge in [-0.25, -0.2) is 0 Å². The van der Waals surface area contributed by atoms with Crippen LogP contribution < -0.4 is 11.5 Å². The van der Waals surface area contributed by atoms with E-state index < -0.39 is 17.5 Å². The number of hydrogen-bond acceptors (Lipinski definition) is 7. The summed E-state index contributed by atoms with van der Waals surface area (Å²) in [5.74, 6) is -2.35. The molecule has 2 aromatic carbocycles. The van der Waals surface area contributed by atoms with E-state index in [1.54, 1.807) is 17.0 Å². The second kappa shape index (κ2) is 6.38. The van der Waals surface area contributed by atoms with E-state index in [9.17, 15) is 24.6 Å². The fraction of sp³-hybridized carbons (Fsp3) is 0.318. The van der Waals surface area contributed by atoms with Crippen molar-refractivity contribution >= 4 is 17.5 Å². The molecule has 2 atom stereocenters. The van der Waals surface area contributed by atoms with E-state index in [0.29, 0.717) is 24.2 Å². The highest BCUT2D eigenvalue weighted by Crippen LogP contribution is 2.47. The summed E-state index contributed by atoms with van der Waals surface area (Å²) in [7, 11) is 0. The molecule has 1 saturated heterocycles. The minimum Gasteiger partial charge on any atom is -0.507 e. The molecule has 0 spiro atoms. The summed E-state index contributed by atoms with van der Waals surface area (Å²) in [6.45, 7) is 0.710. The zero-order chi connectivity index (χ0) is 21.3. The van der Waals surface area contributed by atoms with Gasteiger partial charge in [-0.05, 0) is 12.8 Å². The maximum Gasteiger partial charge on any atom is 0.226 e. The molecule has 3 aliphatic rings. The van der Waals surface area contributed by atoms with Crippen LogP contribution in [0, 0.1) is 5.92 Å². The van der Waals surface area contributed by atoms with Crippen molar-refractivity contribution in [1.29, 1.82) is 0 Å². The minimum atomic E-state index is -0.522. The lowest BCUT2D eigenvalue weighted by Gasteiger charge is -2.21. The Kier molecular flexibility index (Phi) is 4.00. The van der Waals surface area contributed by atoms with Gasteiger partial charge in [0.1, 0.15) is 11.5 Å². The van der Waals surface area contributed by atoms with Crippen LogP contribution in [0.2, 0.25) is 0 Å². The number of hydrogen-bond donors (Lipinski definition) is 4. The van der Waals surface area contributed by atoms with Crippen LogP contribution in [-0.4, -0.2) is 57.8 Å². The van der Waals surface area contributed by atoms with Gasteiger partial charge < -0.3 is 26.6 Å². The number of nitrogens with two attached hydrogens (primary N) is 2. The van der Waals surface area contributed by atoms with E-state index in [-0.39, 0.29) is 64.6 Å². The van der Waals surface area contributed by atoms with Crippen molar-refractivity contribution in [3.8, 4) is 11.5 Å². The van der Waals surface area contributed by atoms with E-state index in [4.69, 9.17) is 11.5 Å². The number of aromatic hydroxyl groups is 2. The maximum atomic E-state index is 13.0. The van der Waals surface area contributed by atoms with Gasteiger partial charge in [0, 0.05) is 53.3 Å². The fourth-order valence-electron chi connectivity index (χ4n) is 4.89. The van der Waals surface area contributed by atoms with Crippen LogP contribution in [0.25, 0.3) is 0 Å². The smallest absolute Gasteiger partial charge is 0.226 e. The molecule has 0 unspecified atom stereocenters. The molecule has 1 fully saturated rings. The van der Waals surface area contributed by atoms with E-state index in [1.165, 1.54) is 12.1 Å². The minimum absolute atomic E-state index is 0.160. The summed E-state index contributed by atoms with van der Waals surface area (Å²) in [6, 6.07) is 5.74. The summed E-state index contributed by atoms with van der Waals surface area (Å²) in [4.78, 5) is 40.6. The van der Waals surface area contributed by atoms with Gasteiger partial charge in [-0.3, -0.25) is 14.4 Å². The van der Waals surface area contributed by atoms with Crippen LogP contribution >= 0.6 is 0 Å². The third-order valence-electron chi connectivity index (χ3n) is 6.50. The van der Waals surface area contributed by atoms with Gasteiger partial charge >= 0.3 is 0 Å². The Morgan fingerprint density at radius 2 is 1.30 bits per heavy atom. The van der Waals surface area contributed by atoms with Crippen molar-refractivity contribution in [2.75, 3.05) is 13.1 Å². The molecule has 1 amide bonds. The van der Waals surface area contributed by atoms with E-state index >= 15 is 0 Å². The van der Waals surface area contributed by atoms with Gasteiger partial charge in [-0.2, -0.15) is 0 Å². The molecular weight excluding hydrogens is 386 g/mol. The van der Waals surface area contributed by atoms with Gasteiger partial charge in [-0.15, -0.1) is 0 Å². The van der Waals surface area contributed by atoms with Crippen molar-refractivity contribution < 1.29 is 24.6 Å². The number of amides is 1. The highest BCUT2D eigenvalue weighted by molar-refractivity contribution is 6.30. The molecule has 1 heterocycles. The van der Waals surface area contributed by atoms with E-state index in [1.807, 2.05) is 0 Å². The Balaban J connectivity index is 1.55. The van der Waals surface area contributed by atoms with Gasteiger partial charge in [0.2, 0.25) is 5.91 Å². The topological polar surface area (TPSA) is 147 Å². The number of likely N-dealkylation sites (tertiary alicyclic amines) is 1. The van der Waals surface area contributed by atoms with Crippen molar-refractivity contribution in [1.82, 2.24) is 4.90 Å². The molecule has 0 radical (unpaired) electrons. The normalized spacial score (nSPS) is 22.8. The molecule has 30 heavy (non-hydrogen) atoms. The molecule has 1 aliphatic heterocycles. The lowest BCUT2D eigenvalue weighted by Crippen LogP contribution is -2.39. The van der Waals surface area contributed by atoms with Gasteiger partial charge in [0.15, 0.2) is 11.6 Å². The molecule has 0 aromatic heterocycles. The molecule has 6 N–H and O–H groups in total. The molecule has 0 bridgehead atoms. The predicted octanol–water partition coefficient (Wildman–Crippen LogP) is 0.0848. The van der Waals surface area contributed by atoms with Crippen LogP contribution in [0.5, 0.6) is 11.5 Å². The number of rotatable bonds is 1. The largest absolute Gasteiger partial charge is 0.507 e. The zero-order valence-corrected chi connectivity index (χ0v) is 16.1. The van der Waals surface area contributed by atoms with Crippen LogP contribution in [0.15, 0.2) is 24.3 Å². The first-order valence-corrected chi connectivity index (χ1v) is 9.87. The first-order chi connectivity index (χ1) is 14.3. The number of phenols is 2. The highest BCUT2D eigenvalue weighted by Gasteiger charge is 2.43. The maximum absolute atomic E-state index is 13.0. The summed E-state index contributed by atoms with van der Waals surface area (Å²) in [5, 5.41) is 21.8. The lowest BCUT2D eigenvalue weighted by molar-refractivity contribution is -0.134. The fourth-order valence-corrected chi connectivity index (χ4v) is 4.89. The molecule has 8 nitrogen and oxygen atoms in total. The monoisotopic (exact) mass is 407 g/mol. The second-order valence-corrected chi connectivity index (χ2v) is 8.28. The number of fused-ring (bicyclic) bond motifs is 3. The van der Waals surface area contributed by atoms with E-state index in [2.05, 4.69) is 0 Å². The SMILES string of the molecule is N[C@@H]1CN(C(=O)C2Cc3c(O)c4c(c(O)c3C2)C(=O)c2ccccc2C4=O)C[C@H]1N. The second-order valence-electron chi connectivity index (χ2n) is 8.28. The molecular formula is C22H21N3O5. The standard InChI is InChI=1S/C22H21N3O5/c23-14-7-25(8-15(14)24)22(30)9-5-12-13(6-9)21(29)17-16(20(12)28)18(26)10-3-1-2-4-11(10)19(17)27/h1-4,9,14-15,28-29H,5-8,23-24H2/t14-,15-/m1/s1. The number of ketones is 2. The first-order valence-electron chi connectivity index (χ1n) is 9.87. The molecule has 2 aliphatic carbocycles. The van der Waals surface area contributed by atoms with Crippen LogP contribution in [0.4, 0.5) is 0 Å². The number of phenolic OH excluding ortho intramolecular Hbond substituents is 2. The number of benzene rings is 2. The molecule has 8 heteroatoms. The molecule has 0 saturated carbocycles. The zero-order valence-electron chi connectivity index (χ0n) is 16.1. The van der Waals surface area contributed by atoms with Crippen molar-refractivity contribution in [3.63, 3.8) is 0 Å². The third-order valence-corrected chi connectivity index (χ3v) is 6.50. The third kappa shape index (κ3) is 2.44. The molecule has 5 rings (SSSR count). The van der Waals surface area contributed by atoms with Crippen LogP contribution in [0.1, 0.15) is 43.0 Å². The first kappa shape index (κ1) is 18.8. The van der Waals surface area contributed by atoms with Crippen LogP contribution in [-0.2, 0) is 17.6 Å². The Bertz CT molecular complexity index is 1060. The number of nitrogens with zero attached hydrogens (tertiary/aromatic N) is 1. The summed E-state index contributed by atoms with van der Waals surface area (Å²) >= 11 is 0. The highest BCUT2D eigenvalue weighted by atomic mass is 16.3. The quantitative estimate of drug-likeness (QED) is 0.418. The Morgan fingerprint density at radius 3 is 1.73 bits per heavy atom. The van der Waals surface area contributed by atoms with E-state index in [0.717, 1.165) is 0 Å². The van der Waals surface area contributed by atoms with Gasteiger partial charge in [0.05, 0.1) is 11.1 Å². The Labute approximate surface area is 172 Å². The number of carbonyl (C=O) groups is 3. The Morgan fingerprint density at radius 1 is 0.867 bits per heavy atom. The Hall–Kier alpha value is -3.23. The van der Waals surface area contributed by atoms with Gasteiger partial charge in [0.25, 0.3) is 0 Å². The molecule has 2 aromatic rings. The van der Waals surface area contributed by atoms with Crippen molar-refractivity contribution in [3.05, 3.63) is 57.6 Å². The number of carbonyl (C=O) groups excluding carboxylic acids is 3. The predicted molar refractivity (Wildman–Crippen MR) is 107 cm³/mol. The summed E-state index contributed by atoms with van der Waals surface area (Å²) < 4.78 is 0. The van der Waals surface area contributed by atoms with Crippen molar-refractivity contribution in [2.24, 2.45) is 17.4 Å². The molecule has 154 valence electrons. The average Bonchev–Trinajstić information content (AvgIpc) is 3.33. The average molecular weight is 407 g/mol. The van der Waals surface area contributed by atoms with Crippen LogP contribution in [0.3, 0.4) is 0 Å². The van der Waals surface area contributed by atoms with Crippen molar-refractivity contribution in [2.45, 2.75) is 24.9 Å².